The van der Waals surface area contributed by atoms with E-state index in [2.05, 4.69) is 15.3 Å². The second-order valence-electron chi connectivity index (χ2n) is 5.50. The van der Waals surface area contributed by atoms with Crippen LogP contribution in [0.2, 0.25) is 0 Å². The van der Waals surface area contributed by atoms with Crippen LogP contribution in [0.4, 0.5) is 0 Å². The number of amidine groups is 2. The van der Waals surface area contributed by atoms with Crippen molar-refractivity contribution in [2.75, 3.05) is 14.2 Å². The Morgan fingerprint density at radius 1 is 0.815 bits per heavy atom. The first kappa shape index (κ1) is 18.4. The van der Waals surface area contributed by atoms with Gasteiger partial charge in [0.1, 0.15) is 19.2 Å². The average molecular weight is 381 g/mol. The highest BCUT2D eigenvalue weighted by Gasteiger charge is 2.08. The normalized spacial score (nSPS) is 12.1. The van der Waals surface area contributed by atoms with Gasteiger partial charge < -0.3 is 21.1 Å². The Morgan fingerprint density at radius 3 is 1.78 bits per heavy atom. The van der Waals surface area contributed by atoms with Crippen molar-refractivity contribution in [3.63, 3.8) is 0 Å². The lowest BCUT2D eigenvalue weighted by molar-refractivity contribution is 0.213. The molecular formula is C19H19N5O2S. The van der Waals surface area contributed by atoms with E-state index in [1.165, 1.54) is 14.2 Å². The second kappa shape index (κ2) is 8.33. The van der Waals surface area contributed by atoms with Crippen molar-refractivity contribution in [3.05, 3.63) is 65.9 Å². The third-order valence-corrected chi connectivity index (χ3v) is 4.87. The summed E-state index contributed by atoms with van der Waals surface area (Å²) >= 11 is 1.60. The molecule has 4 N–H and O–H groups in total. The Kier molecular flexibility index (Phi) is 5.68. The lowest BCUT2D eigenvalue weighted by Gasteiger charge is -2.02. The molecule has 0 unspecified atom stereocenters. The van der Waals surface area contributed by atoms with Gasteiger partial charge in [-0.3, -0.25) is 0 Å². The summed E-state index contributed by atoms with van der Waals surface area (Å²) in [5, 5.41) is 8.38. The van der Waals surface area contributed by atoms with Crippen LogP contribution in [-0.4, -0.2) is 30.9 Å². The molecule has 8 heteroatoms. The van der Waals surface area contributed by atoms with E-state index in [1.54, 1.807) is 11.3 Å². The van der Waals surface area contributed by atoms with E-state index in [0.29, 0.717) is 11.7 Å². The molecule has 0 radical (unpaired) electrons. The molecule has 7 nitrogen and oxygen atoms in total. The quantitative estimate of drug-likeness (QED) is 0.388. The highest BCUT2D eigenvalue weighted by molar-refractivity contribution is 7.18. The van der Waals surface area contributed by atoms with Gasteiger partial charge in [-0.15, -0.1) is 11.3 Å². The van der Waals surface area contributed by atoms with Gasteiger partial charge in [-0.05, 0) is 5.56 Å². The van der Waals surface area contributed by atoms with Crippen molar-refractivity contribution >= 4 is 23.0 Å². The molecule has 0 saturated heterocycles. The minimum Gasteiger partial charge on any atom is -0.397 e. The van der Waals surface area contributed by atoms with Crippen LogP contribution in [0.1, 0.15) is 11.1 Å². The van der Waals surface area contributed by atoms with Gasteiger partial charge in [0.2, 0.25) is 0 Å². The van der Waals surface area contributed by atoms with E-state index >= 15 is 0 Å². The Labute approximate surface area is 160 Å². The predicted octanol–water partition coefficient (Wildman–Crippen LogP) is 3.01. The van der Waals surface area contributed by atoms with E-state index in [9.17, 15) is 0 Å². The number of aromatic nitrogens is 1. The molecule has 1 heterocycles. The van der Waals surface area contributed by atoms with Crippen molar-refractivity contribution in [2.24, 2.45) is 21.8 Å². The molecule has 0 bridgehead atoms. The summed E-state index contributed by atoms with van der Waals surface area (Å²) in [4.78, 5) is 15.0. The van der Waals surface area contributed by atoms with E-state index < -0.39 is 0 Å². The molecule has 3 rings (SSSR count). The van der Waals surface area contributed by atoms with Crippen molar-refractivity contribution < 1.29 is 9.68 Å². The van der Waals surface area contributed by atoms with Crippen LogP contribution in [0.25, 0.3) is 21.0 Å². The van der Waals surface area contributed by atoms with Crippen LogP contribution in [0.5, 0.6) is 0 Å². The zero-order valence-electron chi connectivity index (χ0n) is 14.9. The molecule has 0 saturated carbocycles. The number of hydrogen-bond donors (Lipinski definition) is 2. The number of hydrogen-bond acceptors (Lipinski definition) is 6. The summed E-state index contributed by atoms with van der Waals surface area (Å²) in [6, 6.07) is 15.5. The number of thiazole rings is 1. The predicted molar refractivity (Wildman–Crippen MR) is 108 cm³/mol. The van der Waals surface area contributed by atoms with Gasteiger partial charge in [0.05, 0.1) is 4.88 Å². The third kappa shape index (κ3) is 4.24. The molecule has 0 aliphatic heterocycles. The van der Waals surface area contributed by atoms with Gasteiger partial charge in [0.15, 0.2) is 11.7 Å². The van der Waals surface area contributed by atoms with Crippen molar-refractivity contribution in [3.8, 4) is 21.0 Å². The summed E-state index contributed by atoms with van der Waals surface area (Å²) in [5.41, 5.74) is 15.3. The maximum atomic E-state index is 5.82. The number of oxime groups is 2. The highest BCUT2D eigenvalue weighted by Crippen LogP contribution is 2.32. The minimum atomic E-state index is 0.334. The number of rotatable bonds is 6. The molecule has 0 spiro atoms. The highest BCUT2D eigenvalue weighted by atomic mass is 32.1. The van der Waals surface area contributed by atoms with Crippen molar-refractivity contribution in [2.45, 2.75) is 0 Å². The van der Waals surface area contributed by atoms with Gasteiger partial charge in [-0.25, -0.2) is 4.98 Å². The maximum Gasteiger partial charge on any atom is 0.170 e. The van der Waals surface area contributed by atoms with Crippen molar-refractivity contribution in [1.82, 2.24) is 4.98 Å². The summed E-state index contributed by atoms with van der Waals surface area (Å²) in [7, 11) is 2.93. The fourth-order valence-electron chi connectivity index (χ4n) is 2.43. The Bertz CT molecular complexity index is 885. The maximum absolute atomic E-state index is 5.82. The fraction of sp³-hybridized carbons (Fsp3) is 0.105. The molecular weight excluding hydrogens is 362 g/mol. The molecule has 0 amide bonds. The Hall–Kier alpha value is -3.39. The molecule has 138 valence electrons. The lowest BCUT2D eigenvalue weighted by Crippen LogP contribution is -2.13. The average Bonchev–Trinajstić information content (AvgIpc) is 3.19. The Balaban J connectivity index is 1.80. The molecule has 2 aromatic carbocycles. The van der Waals surface area contributed by atoms with Crippen LogP contribution in [0, 0.1) is 0 Å². The molecule has 0 atom stereocenters. The van der Waals surface area contributed by atoms with Crippen LogP contribution < -0.4 is 11.5 Å². The van der Waals surface area contributed by atoms with Crippen LogP contribution >= 0.6 is 11.3 Å². The molecule has 1 aromatic heterocycles. The first-order chi connectivity index (χ1) is 13.1. The molecule has 27 heavy (non-hydrogen) atoms. The Morgan fingerprint density at radius 2 is 1.30 bits per heavy atom. The first-order valence-electron chi connectivity index (χ1n) is 8.03. The standard InChI is InChI=1S/C19H19N5O2S/c1-25-23-17(20)13-5-3-12(4-6-13)16-11-22-19(27-16)15-9-7-14(8-10-15)18(21)24-26-2/h3-11H,1-2H3,(H2,20,23)(H2,21,24). The van der Waals surface area contributed by atoms with E-state index in [0.717, 1.165) is 32.1 Å². The summed E-state index contributed by atoms with van der Waals surface area (Å²) < 4.78 is 0. The third-order valence-electron chi connectivity index (χ3n) is 3.78. The summed E-state index contributed by atoms with van der Waals surface area (Å²) in [5.74, 6) is 0.672. The zero-order valence-corrected chi connectivity index (χ0v) is 15.7. The monoisotopic (exact) mass is 381 g/mol. The number of nitrogens with two attached hydrogens (primary N) is 2. The van der Waals surface area contributed by atoms with Gasteiger partial charge in [0.25, 0.3) is 0 Å². The van der Waals surface area contributed by atoms with Crippen LogP contribution in [-0.2, 0) is 9.68 Å². The lowest BCUT2D eigenvalue weighted by atomic mass is 10.1. The smallest absolute Gasteiger partial charge is 0.170 e. The van der Waals surface area contributed by atoms with Crippen LogP contribution in [0.3, 0.4) is 0 Å². The van der Waals surface area contributed by atoms with Gasteiger partial charge in [-0.1, -0.05) is 58.8 Å². The number of benzene rings is 2. The molecule has 0 aliphatic rings. The van der Waals surface area contributed by atoms with E-state index in [1.807, 2.05) is 54.7 Å². The second-order valence-corrected chi connectivity index (χ2v) is 6.53. The van der Waals surface area contributed by atoms with Gasteiger partial charge in [-0.2, -0.15) is 0 Å². The fourth-order valence-corrected chi connectivity index (χ4v) is 3.36. The van der Waals surface area contributed by atoms with Gasteiger partial charge >= 0.3 is 0 Å². The minimum absolute atomic E-state index is 0.334. The molecule has 0 fully saturated rings. The largest absolute Gasteiger partial charge is 0.397 e. The summed E-state index contributed by atoms with van der Waals surface area (Å²) in [6.45, 7) is 0. The van der Waals surface area contributed by atoms with Crippen LogP contribution in [0.15, 0.2) is 65.0 Å². The van der Waals surface area contributed by atoms with Crippen molar-refractivity contribution in [1.29, 1.82) is 0 Å². The topological polar surface area (TPSA) is 108 Å². The first-order valence-corrected chi connectivity index (χ1v) is 8.84. The van der Waals surface area contributed by atoms with E-state index in [-0.39, 0.29) is 0 Å². The SMILES string of the molecule is CO/N=C(/N)c1ccc(-c2cnc(-c3ccc(/C(N)=N\OC)cc3)s2)cc1. The molecule has 3 aromatic rings. The molecule has 0 aliphatic carbocycles. The summed E-state index contributed by atoms with van der Waals surface area (Å²) in [6.07, 6.45) is 1.86. The number of nitrogens with zero attached hydrogens (tertiary/aromatic N) is 3. The van der Waals surface area contributed by atoms with E-state index in [4.69, 9.17) is 21.1 Å². The zero-order chi connectivity index (χ0) is 19.2. The van der Waals surface area contributed by atoms with Gasteiger partial charge in [0, 0.05) is 22.9 Å².